The van der Waals surface area contributed by atoms with Crippen molar-refractivity contribution in [1.82, 2.24) is 10.1 Å². The molecule has 0 spiro atoms. The van der Waals surface area contributed by atoms with Gasteiger partial charge in [0.1, 0.15) is 11.6 Å². The maximum Gasteiger partial charge on any atom is 0.253 e. The first-order valence-corrected chi connectivity index (χ1v) is 10.1. The molecule has 0 amide bonds. The Morgan fingerprint density at radius 3 is 2.68 bits per heavy atom. The van der Waals surface area contributed by atoms with Gasteiger partial charge in [0.25, 0.3) is 5.88 Å². The van der Waals surface area contributed by atoms with Gasteiger partial charge in [-0.15, -0.1) is 0 Å². The summed E-state index contributed by atoms with van der Waals surface area (Å²) in [7, 11) is 1.57. The number of hydrogen-bond donors (Lipinski definition) is 1. The second kappa shape index (κ2) is 9.18. The Morgan fingerprint density at radius 1 is 1.16 bits per heavy atom. The summed E-state index contributed by atoms with van der Waals surface area (Å²) in [6, 6.07) is 14.2. The summed E-state index contributed by atoms with van der Waals surface area (Å²) >= 11 is 0. The quantitative estimate of drug-likeness (QED) is 0.494. The number of hydrogen-bond acceptors (Lipinski definition) is 5. The molecule has 162 valence electrons. The van der Waals surface area contributed by atoms with E-state index in [-0.39, 0.29) is 11.7 Å². The third-order valence-corrected chi connectivity index (χ3v) is 5.41. The Kier molecular flexibility index (Phi) is 6.18. The second-order valence-electron chi connectivity index (χ2n) is 7.32. The average molecular weight is 424 g/mol. The maximum absolute atomic E-state index is 15.0. The van der Waals surface area contributed by atoms with E-state index in [0.717, 1.165) is 5.56 Å². The van der Waals surface area contributed by atoms with E-state index in [9.17, 15) is 4.39 Å². The zero-order valence-electron chi connectivity index (χ0n) is 17.5. The van der Waals surface area contributed by atoms with Crippen molar-refractivity contribution in [2.45, 2.75) is 12.8 Å². The minimum Gasteiger partial charge on any atom is -0.496 e. The molecule has 0 saturated carbocycles. The van der Waals surface area contributed by atoms with Gasteiger partial charge in [-0.2, -0.15) is 4.99 Å². The van der Waals surface area contributed by atoms with Crippen LogP contribution in [0, 0.1) is 5.82 Å². The van der Waals surface area contributed by atoms with Crippen LogP contribution in [0.5, 0.6) is 5.75 Å². The summed E-state index contributed by atoms with van der Waals surface area (Å²) in [5.41, 5.74) is 8.69. The Labute approximate surface area is 180 Å². The molecule has 7 nitrogen and oxygen atoms in total. The van der Waals surface area contributed by atoms with Gasteiger partial charge < -0.3 is 24.6 Å². The number of ether oxygens (including phenoxy) is 2. The van der Waals surface area contributed by atoms with Gasteiger partial charge in [-0.3, -0.25) is 0 Å². The van der Waals surface area contributed by atoms with Crippen molar-refractivity contribution in [3.63, 3.8) is 0 Å². The fourth-order valence-electron chi connectivity index (χ4n) is 3.57. The van der Waals surface area contributed by atoms with Crippen molar-refractivity contribution in [3.8, 4) is 16.9 Å². The molecule has 1 aliphatic rings. The molecule has 1 fully saturated rings. The summed E-state index contributed by atoms with van der Waals surface area (Å²) in [5, 5.41) is 4.11. The van der Waals surface area contributed by atoms with Crippen molar-refractivity contribution in [3.05, 3.63) is 65.6 Å². The lowest BCUT2D eigenvalue weighted by molar-refractivity contribution is 0.0675. The Balaban J connectivity index is 1.54. The van der Waals surface area contributed by atoms with Crippen LogP contribution >= 0.6 is 0 Å². The monoisotopic (exact) mass is 424 g/mol. The molecule has 2 heterocycles. The second-order valence-corrected chi connectivity index (χ2v) is 7.32. The fraction of sp³-hybridized carbons (Fsp3) is 0.304. The van der Waals surface area contributed by atoms with Gasteiger partial charge >= 0.3 is 0 Å². The van der Waals surface area contributed by atoms with Gasteiger partial charge in [0.05, 0.1) is 26.0 Å². The summed E-state index contributed by atoms with van der Waals surface area (Å²) in [6.45, 7) is 4.54. The van der Waals surface area contributed by atoms with Crippen molar-refractivity contribution >= 4 is 11.8 Å². The number of nitrogens with two attached hydrogens (primary N) is 1. The van der Waals surface area contributed by atoms with E-state index in [2.05, 4.69) is 10.1 Å². The largest absolute Gasteiger partial charge is 0.496 e. The van der Waals surface area contributed by atoms with E-state index in [4.69, 9.17) is 19.7 Å². The molecule has 1 aliphatic heterocycles. The number of morpholine rings is 1. The number of aliphatic imine (C=N–C) groups is 1. The van der Waals surface area contributed by atoms with Gasteiger partial charge in [-0.1, -0.05) is 42.4 Å². The third-order valence-electron chi connectivity index (χ3n) is 5.41. The van der Waals surface area contributed by atoms with Crippen molar-refractivity contribution in [2.24, 2.45) is 10.7 Å². The van der Waals surface area contributed by atoms with Crippen LogP contribution in [0.4, 0.5) is 10.3 Å². The number of nitrogens with zero attached hydrogens (tertiary/aromatic N) is 3. The minimum absolute atomic E-state index is 0.182. The predicted octanol–water partition coefficient (Wildman–Crippen LogP) is 3.92. The van der Waals surface area contributed by atoms with Gasteiger partial charge in [0.2, 0.25) is 0 Å². The number of halogens is 1. The molecule has 1 saturated heterocycles. The first-order valence-electron chi connectivity index (χ1n) is 10.1. The number of rotatable bonds is 5. The highest BCUT2D eigenvalue weighted by molar-refractivity contribution is 5.80. The molecule has 0 aliphatic carbocycles. The van der Waals surface area contributed by atoms with Gasteiger partial charge in [-0.25, -0.2) is 4.39 Å². The van der Waals surface area contributed by atoms with E-state index in [1.165, 1.54) is 6.07 Å². The number of para-hydroxylation sites is 1. The molecular weight excluding hydrogens is 399 g/mol. The Hall–Kier alpha value is -3.39. The van der Waals surface area contributed by atoms with E-state index >= 15 is 0 Å². The first kappa shape index (κ1) is 20.9. The van der Waals surface area contributed by atoms with Crippen molar-refractivity contribution in [2.75, 3.05) is 33.4 Å². The van der Waals surface area contributed by atoms with Crippen LogP contribution in [0.1, 0.15) is 24.1 Å². The van der Waals surface area contributed by atoms with E-state index in [1.54, 1.807) is 19.2 Å². The molecule has 2 aromatic carbocycles. The molecule has 0 radical (unpaired) electrons. The van der Waals surface area contributed by atoms with Crippen LogP contribution in [0.25, 0.3) is 11.1 Å². The number of guanidine groups is 1. The number of benzene rings is 2. The van der Waals surface area contributed by atoms with E-state index in [1.807, 2.05) is 42.2 Å². The van der Waals surface area contributed by atoms with Crippen molar-refractivity contribution < 1.29 is 18.4 Å². The zero-order valence-corrected chi connectivity index (χ0v) is 17.5. The van der Waals surface area contributed by atoms with Crippen LogP contribution < -0.4 is 10.5 Å². The van der Waals surface area contributed by atoms with Gasteiger partial charge in [0, 0.05) is 36.2 Å². The van der Waals surface area contributed by atoms with Crippen LogP contribution in [-0.2, 0) is 4.74 Å². The summed E-state index contributed by atoms with van der Waals surface area (Å²) in [4.78, 5) is 6.25. The smallest absolute Gasteiger partial charge is 0.253 e. The highest BCUT2D eigenvalue weighted by Gasteiger charge is 2.18. The first-order chi connectivity index (χ1) is 15.1. The summed E-state index contributed by atoms with van der Waals surface area (Å²) in [5.74, 6) is 0.799. The maximum atomic E-state index is 15.0. The lowest BCUT2D eigenvalue weighted by Gasteiger charge is -2.27. The van der Waals surface area contributed by atoms with Crippen LogP contribution in [-0.4, -0.2) is 49.4 Å². The molecule has 1 unspecified atom stereocenters. The van der Waals surface area contributed by atoms with Crippen LogP contribution in [0.2, 0.25) is 0 Å². The molecule has 2 N–H and O–H groups in total. The lowest BCUT2D eigenvalue weighted by atomic mass is 9.94. The molecule has 1 aromatic heterocycles. The SMILES string of the molecule is COc1ccccc1-c1ccc(C(C)c2cc(N=C(N)N3CCOCC3)on2)cc1F. The fourth-order valence-corrected chi connectivity index (χ4v) is 3.57. The number of aromatic nitrogens is 1. The molecule has 8 heteroatoms. The predicted molar refractivity (Wildman–Crippen MR) is 116 cm³/mol. The van der Waals surface area contributed by atoms with Crippen LogP contribution in [0.15, 0.2) is 58.0 Å². The number of methoxy groups -OCH3 is 1. The zero-order chi connectivity index (χ0) is 21.8. The molecule has 0 bridgehead atoms. The van der Waals surface area contributed by atoms with Crippen LogP contribution in [0.3, 0.4) is 0 Å². The molecule has 1 atom stereocenters. The highest BCUT2D eigenvalue weighted by Crippen LogP contribution is 2.34. The highest BCUT2D eigenvalue weighted by atomic mass is 19.1. The van der Waals surface area contributed by atoms with Gasteiger partial charge in [-0.05, 0) is 17.7 Å². The topological polar surface area (TPSA) is 86.1 Å². The normalized spacial score (nSPS) is 15.7. The third kappa shape index (κ3) is 4.54. The molecule has 4 rings (SSSR count). The van der Waals surface area contributed by atoms with Gasteiger partial charge in [0.15, 0.2) is 5.96 Å². The summed E-state index contributed by atoms with van der Waals surface area (Å²) < 4.78 is 31.0. The lowest BCUT2D eigenvalue weighted by Crippen LogP contribution is -2.44. The standard InChI is InChI=1S/C23H25FN4O3/c1-15(20-14-22(31-27-20)26-23(25)28-9-11-30-12-10-28)16-7-8-17(19(24)13-16)18-5-3-4-6-21(18)29-2/h3-8,13-15H,9-12H2,1-2H3,(H2,25,26). The van der Waals surface area contributed by atoms with Crippen molar-refractivity contribution in [1.29, 1.82) is 0 Å². The molecule has 31 heavy (non-hydrogen) atoms. The molecule has 3 aromatic rings. The minimum atomic E-state index is -0.327. The Morgan fingerprint density at radius 2 is 1.94 bits per heavy atom. The molecular formula is C23H25FN4O3. The summed E-state index contributed by atoms with van der Waals surface area (Å²) in [6.07, 6.45) is 0. The van der Waals surface area contributed by atoms with E-state index < -0.39 is 0 Å². The van der Waals surface area contributed by atoms with E-state index in [0.29, 0.717) is 60.7 Å². The Bertz CT molecular complexity index is 1080. The average Bonchev–Trinajstić information content (AvgIpc) is 3.27.